The van der Waals surface area contributed by atoms with Gasteiger partial charge in [0.05, 0.1) is 0 Å². The fourth-order valence-electron chi connectivity index (χ4n) is 3.28. The zero-order chi connectivity index (χ0) is 17.7. The number of amides is 2. The molecule has 0 spiro atoms. The Morgan fingerprint density at radius 1 is 1.28 bits per heavy atom. The number of allylic oxidation sites excluding steroid dienone is 1. The van der Waals surface area contributed by atoms with Gasteiger partial charge >= 0.3 is 0 Å². The summed E-state index contributed by atoms with van der Waals surface area (Å²) in [7, 11) is 0. The van der Waals surface area contributed by atoms with Gasteiger partial charge in [-0.05, 0) is 36.9 Å². The van der Waals surface area contributed by atoms with Gasteiger partial charge in [-0.25, -0.2) is 0 Å². The Morgan fingerprint density at radius 3 is 2.76 bits per heavy atom. The van der Waals surface area contributed by atoms with Crippen molar-refractivity contribution in [3.63, 3.8) is 0 Å². The third-order valence-electron chi connectivity index (χ3n) is 4.67. The predicted octanol–water partition coefficient (Wildman–Crippen LogP) is 1.01. The highest BCUT2D eigenvalue weighted by atomic mass is 16.2. The molecule has 2 amide bonds. The topological polar surface area (TPSA) is 87.5 Å². The third-order valence-corrected chi connectivity index (χ3v) is 4.67. The van der Waals surface area contributed by atoms with E-state index in [0.717, 1.165) is 25.0 Å². The summed E-state index contributed by atoms with van der Waals surface area (Å²) in [6.07, 6.45) is 8.17. The van der Waals surface area contributed by atoms with Crippen molar-refractivity contribution >= 4 is 11.8 Å². The number of primary amides is 1. The maximum absolute atomic E-state index is 12.5. The summed E-state index contributed by atoms with van der Waals surface area (Å²) in [5.74, 6) is -0.937. The van der Waals surface area contributed by atoms with E-state index < -0.39 is 11.4 Å². The lowest BCUT2D eigenvalue weighted by Crippen LogP contribution is -2.61. The van der Waals surface area contributed by atoms with Gasteiger partial charge < -0.3 is 16.0 Å². The van der Waals surface area contributed by atoms with Gasteiger partial charge in [-0.2, -0.15) is 0 Å². The zero-order valence-electron chi connectivity index (χ0n) is 14.2. The van der Waals surface area contributed by atoms with Gasteiger partial charge in [-0.15, -0.1) is 0 Å². The van der Waals surface area contributed by atoms with E-state index in [4.69, 9.17) is 5.73 Å². The van der Waals surface area contributed by atoms with E-state index in [1.165, 1.54) is 5.56 Å². The number of hydrogen-bond acceptors (Lipinski definition) is 4. The molecule has 0 bridgehead atoms. The number of nitrogens with one attached hydrogen (secondary N) is 2. The Kier molecular flexibility index (Phi) is 5.19. The molecule has 0 radical (unpaired) electrons. The second-order valence-electron chi connectivity index (χ2n) is 6.52. The summed E-state index contributed by atoms with van der Waals surface area (Å²) >= 11 is 0. The number of carbonyl (C=O) groups excluding carboxylic acids is 2. The monoisotopic (exact) mass is 340 g/mol. The maximum Gasteiger partial charge on any atom is 0.250 e. The van der Waals surface area contributed by atoms with Gasteiger partial charge in [-0.1, -0.05) is 36.4 Å². The molecule has 3 rings (SSSR count). The van der Waals surface area contributed by atoms with Crippen LogP contribution in [0.15, 0.2) is 54.4 Å². The normalized spacial score (nSPS) is 22.6. The Morgan fingerprint density at radius 2 is 2.08 bits per heavy atom. The van der Waals surface area contributed by atoms with E-state index in [9.17, 15) is 9.59 Å². The van der Waals surface area contributed by atoms with Crippen molar-refractivity contribution in [3.8, 4) is 0 Å². The van der Waals surface area contributed by atoms with Crippen molar-refractivity contribution in [1.82, 2.24) is 15.5 Å². The lowest BCUT2D eigenvalue weighted by Gasteiger charge is -2.26. The van der Waals surface area contributed by atoms with Crippen LogP contribution in [0.2, 0.25) is 0 Å². The summed E-state index contributed by atoms with van der Waals surface area (Å²) < 4.78 is 0. The smallest absolute Gasteiger partial charge is 0.250 e. The van der Waals surface area contributed by atoms with Gasteiger partial charge in [0, 0.05) is 25.5 Å². The van der Waals surface area contributed by atoms with Crippen LogP contribution in [0.1, 0.15) is 24.8 Å². The number of nitrogens with zero attached hydrogens (tertiary/aromatic N) is 1. The van der Waals surface area contributed by atoms with Crippen LogP contribution in [0.4, 0.5) is 0 Å². The first kappa shape index (κ1) is 17.2. The number of hydrogen-bond donors (Lipinski definition) is 3. The lowest BCUT2D eigenvalue weighted by molar-refractivity contribution is -0.136. The van der Waals surface area contributed by atoms with Crippen LogP contribution in [0, 0.1) is 0 Å². The fraction of sp³-hybridized carbons (Fsp3) is 0.368. The Labute approximate surface area is 147 Å². The first-order valence-electron chi connectivity index (χ1n) is 8.59. The van der Waals surface area contributed by atoms with E-state index in [1.807, 2.05) is 30.6 Å². The van der Waals surface area contributed by atoms with Gasteiger partial charge in [0.25, 0.3) is 0 Å². The Hall–Kier alpha value is -2.60. The summed E-state index contributed by atoms with van der Waals surface area (Å²) in [6.45, 7) is 1.82. The summed E-state index contributed by atoms with van der Waals surface area (Å²) in [5, 5.41) is 5.84. The van der Waals surface area contributed by atoms with Gasteiger partial charge in [0.1, 0.15) is 0 Å². The van der Waals surface area contributed by atoms with Crippen LogP contribution in [-0.2, 0) is 16.1 Å². The number of benzene rings is 1. The minimum Gasteiger partial charge on any atom is -0.368 e. The molecule has 2 aliphatic heterocycles. The van der Waals surface area contributed by atoms with Gasteiger partial charge in [0.15, 0.2) is 5.54 Å². The molecule has 132 valence electrons. The molecule has 1 saturated heterocycles. The molecule has 0 saturated carbocycles. The maximum atomic E-state index is 12.5. The molecule has 0 aromatic heterocycles. The second-order valence-corrected chi connectivity index (χ2v) is 6.52. The molecule has 1 aromatic carbocycles. The number of carbonyl (C=O) groups is 2. The lowest BCUT2D eigenvalue weighted by atomic mass is 9.95. The average molecular weight is 340 g/mol. The third kappa shape index (κ3) is 3.91. The zero-order valence-corrected chi connectivity index (χ0v) is 14.2. The molecule has 25 heavy (non-hydrogen) atoms. The molecule has 2 heterocycles. The first-order valence-corrected chi connectivity index (χ1v) is 8.59. The van der Waals surface area contributed by atoms with Crippen molar-refractivity contribution in [2.75, 3.05) is 13.1 Å². The highest BCUT2D eigenvalue weighted by molar-refractivity contribution is 6.09. The second kappa shape index (κ2) is 7.53. The molecular weight excluding hydrogens is 316 g/mol. The van der Waals surface area contributed by atoms with Crippen LogP contribution >= 0.6 is 0 Å². The van der Waals surface area contributed by atoms with Gasteiger partial charge in [0.2, 0.25) is 11.8 Å². The molecule has 1 unspecified atom stereocenters. The molecule has 0 aliphatic carbocycles. The van der Waals surface area contributed by atoms with E-state index in [-0.39, 0.29) is 5.91 Å². The highest BCUT2D eigenvalue weighted by Gasteiger charge is 2.46. The SMILES string of the molecule is NC(=O)C1(C(=O)NCC2=CN(Cc3ccccc3)C=CC2)CCCN1. The average Bonchev–Trinajstić information content (AvgIpc) is 3.12. The molecule has 1 aromatic rings. The van der Waals surface area contributed by atoms with Crippen molar-refractivity contribution in [3.05, 3.63) is 59.9 Å². The number of nitrogens with two attached hydrogens (primary N) is 1. The molecule has 6 nitrogen and oxygen atoms in total. The van der Waals surface area contributed by atoms with E-state index in [0.29, 0.717) is 19.5 Å². The summed E-state index contributed by atoms with van der Waals surface area (Å²) in [5.41, 5.74) is 6.51. The molecule has 2 aliphatic rings. The van der Waals surface area contributed by atoms with Crippen molar-refractivity contribution < 1.29 is 9.59 Å². The quantitative estimate of drug-likeness (QED) is 0.675. The highest BCUT2D eigenvalue weighted by Crippen LogP contribution is 2.20. The van der Waals surface area contributed by atoms with Crippen LogP contribution < -0.4 is 16.4 Å². The van der Waals surface area contributed by atoms with E-state index in [1.54, 1.807) is 0 Å². The van der Waals surface area contributed by atoms with Crippen LogP contribution in [0.3, 0.4) is 0 Å². The Bertz CT molecular complexity index is 691. The van der Waals surface area contributed by atoms with Crippen LogP contribution in [-0.4, -0.2) is 35.3 Å². The standard InChI is InChI=1S/C19H24N4O2/c20-17(24)19(9-5-10-22-19)18(25)21-12-16-8-4-11-23(14-16)13-15-6-2-1-3-7-15/h1-4,6-7,11,14,22H,5,8-10,12-13H2,(H2,20,24)(H,21,25). The molecular formula is C19H24N4O2. The summed E-state index contributed by atoms with van der Waals surface area (Å²) in [6, 6.07) is 10.2. The van der Waals surface area contributed by atoms with Crippen molar-refractivity contribution in [2.24, 2.45) is 5.73 Å². The van der Waals surface area contributed by atoms with Crippen LogP contribution in [0.5, 0.6) is 0 Å². The van der Waals surface area contributed by atoms with Crippen molar-refractivity contribution in [1.29, 1.82) is 0 Å². The Balaban J connectivity index is 1.59. The molecule has 4 N–H and O–H groups in total. The summed E-state index contributed by atoms with van der Waals surface area (Å²) in [4.78, 5) is 26.3. The minimum absolute atomic E-state index is 0.331. The molecule has 1 fully saturated rings. The van der Waals surface area contributed by atoms with E-state index >= 15 is 0 Å². The molecule has 6 heteroatoms. The van der Waals surface area contributed by atoms with Gasteiger partial charge in [-0.3, -0.25) is 14.9 Å². The first-order chi connectivity index (χ1) is 12.1. The predicted molar refractivity (Wildman–Crippen MR) is 96.0 cm³/mol. The fourth-order valence-corrected chi connectivity index (χ4v) is 3.28. The number of rotatable bonds is 6. The van der Waals surface area contributed by atoms with Crippen molar-refractivity contribution in [2.45, 2.75) is 31.3 Å². The van der Waals surface area contributed by atoms with Crippen LogP contribution in [0.25, 0.3) is 0 Å². The molecule has 1 atom stereocenters. The van der Waals surface area contributed by atoms with E-state index in [2.05, 4.69) is 33.7 Å². The minimum atomic E-state index is -1.26. The largest absolute Gasteiger partial charge is 0.368 e.